The second-order valence-corrected chi connectivity index (χ2v) is 6.02. The van der Waals surface area contributed by atoms with Crippen LogP contribution < -0.4 is 4.74 Å². The quantitative estimate of drug-likeness (QED) is 0.863. The number of hydrogen-bond donors (Lipinski definition) is 1. The Morgan fingerprint density at radius 3 is 2.73 bits per heavy atom. The molecule has 1 N–H and O–H groups in total. The summed E-state index contributed by atoms with van der Waals surface area (Å²) in [5.41, 5.74) is 0. The second-order valence-electron chi connectivity index (χ2n) is 5.59. The van der Waals surface area contributed by atoms with E-state index in [2.05, 4.69) is 4.90 Å². The Kier molecular flexibility index (Phi) is 6.49. The number of aliphatic hydroxyl groups is 1. The Balaban J connectivity index is 1.68. The average Bonchev–Trinajstić information content (AvgIpc) is 2.47. The molecule has 5 nitrogen and oxygen atoms in total. The lowest BCUT2D eigenvalue weighted by Gasteiger charge is -2.35. The Bertz CT molecular complexity index is 488. The molecule has 1 heterocycles. The van der Waals surface area contributed by atoms with Gasteiger partial charge in [-0.25, -0.2) is 0 Å². The van der Waals surface area contributed by atoms with Crippen LogP contribution in [0.1, 0.15) is 13.3 Å². The summed E-state index contributed by atoms with van der Waals surface area (Å²) in [6.45, 7) is 5.85. The third kappa shape index (κ3) is 5.48. The summed E-state index contributed by atoms with van der Waals surface area (Å²) in [5, 5.41) is 10.00. The van der Waals surface area contributed by atoms with E-state index in [1.165, 1.54) is 0 Å². The van der Waals surface area contributed by atoms with Crippen LogP contribution in [-0.2, 0) is 4.79 Å². The van der Waals surface area contributed by atoms with Crippen molar-refractivity contribution in [3.05, 3.63) is 29.3 Å². The van der Waals surface area contributed by atoms with Gasteiger partial charge in [-0.1, -0.05) is 17.7 Å². The third-order valence-electron chi connectivity index (χ3n) is 3.63. The molecular formula is C16H23ClN2O3. The molecule has 1 fully saturated rings. The van der Waals surface area contributed by atoms with E-state index in [1.54, 1.807) is 19.1 Å². The van der Waals surface area contributed by atoms with Crippen molar-refractivity contribution in [2.75, 3.05) is 39.3 Å². The topological polar surface area (TPSA) is 53.0 Å². The number of nitrogens with zero attached hydrogens (tertiary/aromatic N) is 2. The number of piperazine rings is 1. The fraction of sp³-hybridized carbons (Fsp3) is 0.562. The lowest BCUT2D eigenvalue weighted by Crippen LogP contribution is -2.50. The van der Waals surface area contributed by atoms with Crippen LogP contribution in [0.4, 0.5) is 0 Å². The number of amides is 1. The molecule has 22 heavy (non-hydrogen) atoms. The molecule has 1 aromatic carbocycles. The van der Waals surface area contributed by atoms with E-state index in [1.807, 2.05) is 17.0 Å². The first kappa shape index (κ1) is 17.1. The fourth-order valence-corrected chi connectivity index (χ4v) is 2.70. The zero-order chi connectivity index (χ0) is 15.9. The van der Waals surface area contributed by atoms with E-state index in [9.17, 15) is 9.90 Å². The van der Waals surface area contributed by atoms with Crippen LogP contribution in [0.2, 0.25) is 5.02 Å². The highest BCUT2D eigenvalue weighted by atomic mass is 35.5. The molecule has 1 aliphatic rings. The number of rotatable bonds is 6. The van der Waals surface area contributed by atoms with Gasteiger partial charge >= 0.3 is 0 Å². The van der Waals surface area contributed by atoms with Gasteiger partial charge in [-0.2, -0.15) is 0 Å². The van der Waals surface area contributed by atoms with Crippen LogP contribution in [0.25, 0.3) is 0 Å². The Morgan fingerprint density at radius 2 is 2.09 bits per heavy atom. The van der Waals surface area contributed by atoms with Crippen molar-refractivity contribution >= 4 is 17.5 Å². The van der Waals surface area contributed by atoms with Crippen LogP contribution in [0.3, 0.4) is 0 Å². The molecule has 0 spiro atoms. The normalized spacial score (nSPS) is 17.3. The van der Waals surface area contributed by atoms with Gasteiger partial charge in [0.15, 0.2) is 0 Å². The number of halogens is 1. The van der Waals surface area contributed by atoms with Crippen LogP contribution in [0, 0.1) is 0 Å². The standard InChI is InChI=1S/C16H23ClN2O3/c1-13(20)12-18-6-8-19(9-7-18)16(21)5-10-22-15-4-2-3-14(17)11-15/h2-4,11,13,20H,5-10,12H2,1H3. The van der Waals surface area contributed by atoms with E-state index in [0.29, 0.717) is 43.4 Å². The van der Waals surface area contributed by atoms with Gasteiger partial charge in [-0.15, -0.1) is 0 Å². The molecule has 2 rings (SSSR count). The van der Waals surface area contributed by atoms with Gasteiger partial charge in [-0.05, 0) is 25.1 Å². The van der Waals surface area contributed by atoms with Gasteiger partial charge in [0.2, 0.25) is 5.91 Å². The summed E-state index contributed by atoms with van der Waals surface area (Å²) in [6.07, 6.45) is 0.0384. The van der Waals surface area contributed by atoms with Crippen LogP contribution in [-0.4, -0.2) is 66.2 Å². The number of benzene rings is 1. The molecule has 0 aliphatic carbocycles. The monoisotopic (exact) mass is 326 g/mol. The lowest BCUT2D eigenvalue weighted by molar-refractivity contribution is -0.133. The summed E-state index contributed by atoms with van der Waals surface area (Å²) in [4.78, 5) is 16.2. The smallest absolute Gasteiger partial charge is 0.226 e. The van der Waals surface area contributed by atoms with Gasteiger partial charge in [-0.3, -0.25) is 9.69 Å². The number of ether oxygens (including phenoxy) is 1. The van der Waals surface area contributed by atoms with Crippen molar-refractivity contribution in [3.8, 4) is 5.75 Å². The molecule has 122 valence electrons. The van der Waals surface area contributed by atoms with Crippen LogP contribution in [0.5, 0.6) is 5.75 Å². The maximum absolute atomic E-state index is 12.1. The van der Waals surface area contributed by atoms with Crippen molar-refractivity contribution < 1.29 is 14.6 Å². The molecule has 1 atom stereocenters. The molecule has 1 aliphatic heterocycles. The minimum atomic E-state index is -0.326. The molecule has 6 heteroatoms. The van der Waals surface area contributed by atoms with Crippen molar-refractivity contribution in [3.63, 3.8) is 0 Å². The minimum absolute atomic E-state index is 0.110. The molecule has 0 aromatic heterocycles. The third-order valence-corrected chi connectivity index (χ3v) is 3.86. The summed E-state index contributed by atoms with van der Waals surface area (Å²) in [7, 11) is 0. The SMILES string of the molecule is CC(O)CN1CCN(C(=O)CCOc2cccc(Cl)c2)CC1. The Morgan fingerprint density at radius 1 is 1.36 bits per heavy atom. The van der Waals surface area contributed by atoms with Crippen LogP contribution >= 0.6 is 11.6 Å². The van der Waals surface area contributed by atoms with Crippen molar-refractivity contribution in [2.24, 2.45) is 0 Å². The van der Waals surface area contributed by atoms with Gasteiger partial charge in [0, 0.05) is 37.7 Å². The largest absolute Gasteiger partial charge is 0.493 e. The predicted octanol–water partition coefficient (Wildman–Crippen LogP) is 1.63. The Labute approximate surface area is 136 Å². The first-order valence-electron chi connectivity index (χ1n) is 7.61. The predicted molar refractivity (Wildman–Crippen MR) is 86.3 cm³/mol. The number of aliphatic hydroxyl groups excluding tert-OH is 1. The number of β-amino-alcohol motifs (C(OH)–C–C–N with tert-alkyl or cyclic N) is 1. The van der Waals surface area contributed by atoms with Crippen molar-refractivity contribution in [1.29, 1.82) is 0 Å². The highest BCUT2D eigenvalue weighted by Gasteiger charge is 2.21. The summed E-state index contributed by atoms with van der Waals surface area (Å²) >= 11 is 5.88. The van der Waals surface area contributed by atoms with Gasteiger partial charge in [0.1, 0.15) is 5.75 Å². The van der Waals surface area contributed by atoms with E-state index in [0.717, 1.165) is 13.1 Å². The Hall–Kier alpha value is -1.30. The molecule has 1 unspecified atom stereocenters. The lowest BCUT2D eigenvalue weighted by atomic mass is 10.2. The molecule has 1 aromatic rings. The van der Waals surface area contributed by atoms with Gasteiger partial charge < -0.3 is 14.7 Å². The number of hydrogen-bond acceptors (Lipinski definition) is 4. The van der Waals surface area contributed by atoms with Gasteiger partial charge in [0.05, 0.1) is 19.1 Å². The van der Waals surface area contributed by atoms with Crippen LogP contribution in [0.15, 0.2) is 24.3 Å². The molecule has 1 saturated heterocycles. The summed E-state index contributed by atoms with van der Waals surface area (Å²) < 4.78 is 5.55. The van der Waals surface area contributed by atoms with E-state index < -0.39 is 0 Å². The van der Waals surface area contributed by atoms with Gasteiger partial charge in [0.25, 0.3) is 0 Å². The zero-order valence-corrected chi connectivity index (χ0v) is 13.6. The highest BCUT2D eigenvalue weighted by molar-refractivity contribution is 6.30. The molecule has 1 amide bonds. The maximum Gasteiger partial charge on any atom is 0.226 e. The second kappa shape index (κ2) is 8.36. The maximum atomic E-state index is 12.1. The average molecular weight is 327 g/mol. The number of carbonyl (C=O) groups is 1. The summed E-state index contributed by atoms with van der Waals surface area (Å²) in [5.74, 6) is 0.792. The van der Waals surface area contributed by atoms with E-state index in [4.69, 9.17) is 16.3 Å². The van der Waals surface area contributed by atoms with E-state index in [-0.39, 0.29) is 12.0 Å². The number of carbonyl (C=O) groups excluding carboxylic acids is 1. The summed E-state index contributed by atoms with van der Waals surface area (Å²) in [6, 6.07) is 7.17. The molecule has 0 bridgehead atoms. The molecule has 0 radical (unpaired) electrons. The molecule has 0 saturated carbocycles. The van der Waals surface area contributed by atoms with Crippen molar-refractivity contribution in [2.45, 2.75) is 19.4 Å². The highest BCUT2D eigenvalue weighted by Crippen LogP contribution is 2.17. The first-order chi connectivity index (χ1) is 10.5. The molecular weight excluding hydrogens is 304 g/mol. The van der Waals surface area contributed by atoms with Crippen molar-refractivity contribution in [1.82, 2.24) is 9.80 Å². The first-order valence-corrected chi connectivity index (χ1v) is 7.99. The zero-order valence-electron chi connectivity index (χ0n) is 12.9. The van der Waals surface area contributed by atoms with E-state index >= 15 is 0 Å². The minimum Gasteiger partial charge on any atom is -0.493 e. The fourth-order valence-electron chi connectivity index (χ4n) is 2.52.